The lowest BCUT2D eigenvalue weighted by Gasteiger charge is -2.15. The van der Waals surface area contributed by atoms with E-state index in [9.17, 15) is 0 Å². The first kappa shape index (κ1) is 17.3. The Morgan fingerprint density at radius 1 is 0.846 bits per heavy atom. The van der Waals surface area contributed by atoms with Crippen LogP contribution in [0.1, 0.15) is 44.2 Å². The van der Waals surface area contributed by atoms with E-state index in [2.05, 4.69) is 92.4 Å². The van der Waals surface area contributed by atoms with Crippen LogP contribution in [0.5, 0.6) is 0 Å². The van der Waals surface area contributed by atoms with Gasteiger partial charge in [-0.2, -0.15) is 11.8 Å². The number of rotatable bonds is 3. The minimum Gasteiger partial charge on any atom is -0.358 e. The lowest BCUT2D eigenvalue weighted by atomic mass is 9.92. The summed E-state index contributed by atoms with van der Waals surface area (Å²) >= 11 is 1.88. The van der Waals surface area contributed by atoms with Crippen LogP contribution in [0, 0.1) is 0 Å². The molecule has 2 N–H and O–H groups in total. The Morgan fingerprint density at radius 3 is 2.38 bits per heavy atom. The van der Waals surface area contributed by atoms with Gasteiger partial charge in [-0.05, 0) is 54.5 Å². The molecule has 4 aromatic rings. The molecule has 2 heterocycles. The van der Waals surface area contributed by atoms with Crippen molar-refractivity contribution in [3.63, 3.8) is 0 Å². The van der Waals surface area contributed by atoms with E-state index in [0.717, 1.165) is 0 Å². The predicted octanol–water partition coefficient (Wildman–Crippen LogP) is 7.04. The quantitative estimate of drug-likeness (QED) is 0.402. The molecule has 0 amide bonds. The molecule has 134 valence electrons. The van der Waals surface area contributed by atoms with E-state index in [4.69, 9.17) is 0 Å². The number of aromatic nitrogens is 2. The zero-order valence-corrected chi connectivity index (χ0v) is 16.9. The minimum absolute atomic E-state index is 0.130. The van der Waals surface area contributed by atoms with Crippen molar-refractivity contribution in [2.45, 2.75) is 38.4 Å². The fourth-order valence-electron chi connectivity index (χ4n) is 3.39. The van der Waals surface area contributed by atoms with E-state index in [1.807, 2.05) is 11.8 Å². The molecule has 2 nitrogen and oxygen atoms in total. The van der Waals surface area contributed by atoms with Gasteiger partial charge in [0.1, 0.15) is 0 Å². The van der Waals surface area contributed by atoms with Crippen LogP contribution in [0.3, 0.4) is 0 Å². The second kappa shape index (κ2) is 6.24. The molecular weight excluding hydrogens is 336 g/mol. The molecule has 2 aromatic carbocycles. The molecule has 0 spiro atoms. The Labute approximate surface area is 159 Å². The van der Waals surface area contributed by atoms with Crippen LogP contribution >= 0.6 is 11.8 Å². The van der Waals surface area contributed by atoms with E-state index < -0.39 is 0 Å². The maximum Gasteiger partial charge on any atom is 0.0465 e. The monoisotopic (exact) mass is 362 g/mol. The van der Waals surface area contributed by atoms with Gasteiger partial charge < -0.3 is 9.97 Å². The molecule has 26 heavy (non-hydrogen) atoms. The third-order valence-corrected chi connectivity index (χ3v) is 6.19. The van der Waals surface area contributed by atoms with Crippen molar-refractivity contribution < 1.29 is 0 Å². The highest BCUT2D eigenvalue weighted by atomic mass is 32.2. The first-order valence-electron chi connectivity index (χ1n) is 9.14. The third-order valence-electron chi connectivity index (χ3n) is 5.21. The Morgan fingerprint density at radius 2 is 1.65 bits per heavy atom. The van der Waals surface area contributed by atoms with Crippen LogP contribution < -0.4 is 0 Å². The summed E-state index contributed by atoms with van der Waals surface area (Å²) in [6.45, 7) is 8.97. The molecule has 0 radical (unpaired) electrons. The van der Waals surface area contributed by atoms with Gasteiger partial charge in [0.25, 0.3) is 0 Å². The van der Waals surface area contributed by atoms with Gasteiger partial charge in [0.15, 0.2) is 0 Å². The molecule has 0 fully saturated rings. The van der Waals surface area contributed by atoms with E-state index in [-0.39, 0.29) is 5.41 Å². The summed E-state index contributed by atoms with van der Waals surface area (Å²) in [7, 11) is 0. The molecule has 0 aliphatic carbocycles. The zero-order chi connectivity index (χ0) is 18.5. The highest BCUT2D eigenvalue weighted by Gasteiger charge is 2.16. The fraction of sp³-hybridized carbons (Fsp3) is 0.304. The highest BCUT2D eigenvalue weighted by Crippen LogP contribution is 2.32. The van der Waals surface area contributed by atoms with Gasteiger partial charge in [-0.3, -0.25) is 0 Å². The highest BCUT2D eigenvalue weighted by molar-refractivity contribution is 7.98. The van der Waals surface area contributed by atoms with Crippen LogP contribution in [0.25, 0.3) is 33.1 Å². The smallest absolute Gasteiger partial charge is 0.0465 e. The normalized spacial score (nSPS) is 13.6. The topological polar surface area (TPSA) is 31.6 Å². The fourth-order valence-corrected chi connectivity index (χ4v) is 3.81. The Hall–Kier alpha value is -2.13. The van der Waals surface area contributed by atoms with Gasteiger partial charge in [0.2, 0.25) is 0 Å². The summed E-state index contributed by atoms with van der Waals surface area (Å²) in [4.78, 5) is 7.17. The average Bonchev–Trinajstić information content (AvgIpc) is 3.23. The molecular formula is C23H26N2S. The largest absolute Gasteiger partial charge is 0.358 e. The lowest BCUT2D eigenvalue weighted by Crippen LogP contribution is -2.10. The second-order valence-corrected chi connectivity index (χ2v) is 9.32. The Kier molecular flexibility index (Phi) is 4.15. The van der Waals surface area contributed by atoms with Gasteiger partial charge in [-0.1, -0.05) is 39.0 Å². The first-order valence-corrected chi connectivity index (χ1v) is 10.4. The van der Waals surface area contributed by atoms with Crippen molar-refractivity contribution in [1.82, 2.24) is 9.97 Å². The number of nitrogens with one attached hydrogen (secondary N) is 2. The third kappa shape index (κ3) is 3.05. The SMILES string of the molecule is CSC(C)c1ccc2[nH]c(-c3ccc4cc(C(C)(C)C)[nH]c4c3)cc2c1. The summed E-state index contributed by atoms with van der Waals surface area (Å²) < 4.78 is 0. The molecule has 2 aromatic heterocycles. The summed E-state index contributed by atoms with van der Waals surface area (Å²) in [5.41, 5.74) is 7.56. The maximum atomic E-state index is 3.59. The second-order valence-electron chi connectivity index (χ2n) is 8.14. The van der Waals surface area contributed by atoms with Crippen molar-refractivity contribution in [2.75, 3.05) is 6.26 Å². The summed E-state index contributed by atoms with van der Waals surface area (Å²) in [6.07, 6.45) is 2.16. The lowest BCUT2D eigenvalue weighted by molar-refractivity contribution is 0.574. The number of benzene rings is 2. The summed E-state index contributed by atoms with van der Waals surface area (Å²) in [5, 5.41) is 3.06. The summed E-state index contributed by atoms with van der Waals surface area (Å²) in [6, 6.07) is 17.9. The Balaban J connectivity index is 1.76. The number of H-pyrrole nitrogens is 2. The van der Waals surface area contributed by atoms with Gasteiger partial charge in [0, 0.05) is 44.0 Å². The predicted molar refractivity (Wildman–Crippen MR) is 116 cm³/mol. The standard InChI is InChI=1S/C23H26N2S/c1-14(26-5)15-8-9-19-18(10-15)12-20(24-19)16-6-7-17-13-22(23(2,3)4)25-21(17)11-16/h6-14,24-25H,1-5H3. The van der Waals surface area contributed by atoms with E-state index in [1.54, 1.807) is 0 Å². The molecule has 0 aliphatic rings. The maximum absolute atomic E-state index is 3.59. The number of thioether (sulfide) groups is 1. The molecule has 0 saturated heterocycles. The van der Waals surface area contributed by atoms with Gasteiger partial charge in [0.05, 0.1) is 0 Å². The zero-order valence-electron chi connectivity index (χ0n) is 16.1. The molecule has 0 bridgehead atoms. The van der Waals surface area contributed by atoms with Crippen molar-refractivity contribution in [3.05, 3.63) is 59.8 Å². The van der Waals surface area contributed by atoms with Gasteiger partial charge in [-0.25, -0.2) is 0 Å². The first-order chi connectivity index (χ1) is 12.3. The van der Waals surface area contributed by atoms with Gasteiger partial charge in [-0.15, -0.1) is 0 Å². The number of hydrogen-bond acceptors (Lipinski definition) is 1. The van der Waals surface area contributed by atoms with Crippen molar-refractivity contribution >= 4 is 33.6 Å². The van der Waals surface area contributed by atoms with Crippen LogP contribution in [-0.2, 0) is 5.41 Å². The van der Waals surface area contributed by atoms with Crippen LogP contribution in [0.4, 0.5) is 0 Å². The van der Waals surface area contributed by atoms with E-state index in [1.165, 1.54) is 44.3 Å². The molecule has 3 heteroatoms. The number of fused-ring (bicyclic) bond motifs is 2. The van der Waals surface area contributed by atoms with E-state index in [0.29, 0.717) is 5.25 Å². The van der Waals surface area contributed by atoms with Crippen molar-refractivity contribution in [2.24, 2.45) is 0 Å². The van der Waals surface area contributed by atoms with Crippen molar-refractivity contribution in [3.8, 4) is 11.3 Å². The van der Waals surface area contributed by atoms with Crippen molar-refractivity contribution in [1.29, 1.82) is 0 Å². The van der Waals surface area contributed by atoms with Crippen LogP contribution in [0.2, 0.25) is 0 Å². The average molecular weight is 363 g/mol. The molecule has 4 rings (SSSR count). The number of aromatic amines is 2. The summed E-state index contributed by atoms with van der Waals surface area (Å²) in [5.74, 6) is 0. The van der Waals surface area contributed by atoms with Gasteiger partial charge >= 0.3 is 0 Å². The van der Waals surface area contributed by atoms with E-state index >= 15 is 0 Å². The minimum atomic E-state index is 0.130. The van der Waals surface area contributed by atoms with Crippen LogP contribution in [-0.4, -0.2) is 16.2 Å². The van der Waals surface area contributed by atoms with Crippen LogP contribution in [0.15, 0.2) is 48.5 Å². The molecule has 0 saturated carbocycles. The Bertz CT molecular complexity index is 1080. The molecule has 0 aliphatic heterocycles. The molecule has 1 unspecified atom stereocenters. The molecule has 1 atom stereocenters. The number of hydrogen-bond donors (Lipinski definition) is 2.